The summed E-state index contributed by atoms with van der Waals surface area (Å²) in [4.78, 5) is 40.0. The molecule has 2 unspecified atom stereocenters. The lowest BCUT2D eigenvalue weighted by Gasteiger charge is -2.34. The number of aromatic nitrogens is 2. The van der Waals surface area contributed by atoms with Crippen molar-refractivity contribution in [1.29, 1.82) is 0 Å². The molecule has 0 saturated carbocycles. The average molecular weight is 253 g/mol. The van der Waals surface area contributed by atoms with E-state index in [-0.39, 0.29) is 18.2 Å². The Labute approximate surface area is 102 Å². The van der Waals surface area contributed by atoms with E-state index in [4.69, 9.17) is 0 Å². The Morgan fingerprint density at radius 2 is 2.17 bits per heavy atom. The van der Waals surface area contributed by atoms with E-state index < -0.39 is 23.3 Å². The van der Waals surface area contributed by atoms with Crippen LogP contribution in [0.3, 0.4) is 0 Å². The molecule has 7 heteroatoms. The molecule has 1 aliphatic rings. The second-order valence-corrected chi connectivity index (χ2v) is 4.59. The first-order valence-corrected chi connectivity index (χ1v) is 5.78. The molecule has 1 amide bonds. The van der Waals surface area contributed by atoms with Crippen molar-refractivity contribution >= 4 is 5.91 Å². The molecule has 0 radical (unpaired) electrons. The number of aliphatic hydroxyl groups excluding tert-OH is 1. The van der Waals surface area contributed by atoms with E-state index in [1.54, 1.807) is 0 Å². The quantitative estimate of drug-likeness (QED) is 0.591. The number of aromatic amines is 2. The second kappa shape index (κ2) is 4.77. The molecule has 0 bridgehead atoms. The van der Waals surface area contributed by atoms with E-state index in [1.165, 1.54) is 4.90 Å². The van der Waals surface area contributed by atoms with E-state index in [9.17, 15) is 19.5 Å². The van der Waals surface area contributed by atoms with Gasteiger partial charge in [0, 0.05) is 19.2 Å². The zero-order chi connectivity index (χ0) is 13.3. The van der Waals surface area contributed by atoms with Gasteiger partial charge in [-0.05, 0) is 12.3 Å². The van der Waals surface area contributed by atoms with Gasteiger partial charge in [0.05, 0.1) is 6.10 Å². The molecule has 0 spiro atoms. The molecule has 2 heterocycles. The molecule has 1 aromatic rings. The highest BCUT2D eigenvalue weighted by atomic mass is 16.3. The van der Waals surface area contributed by atoms with E-state index in [2.05, 4.69) is 4.98 Å². The summed E-state index contributed by atoms with van der Waals surface area (Å²) in [6.45, 7) is 2.64. The number of nitrogens with one attached hydrogen (secondary N) is 2. The molecule has 7 nitrogen and oxygen atoms in total. The van der Waals surface area contributed by atoms with Crippen molar-refractivity contribution in [2.75, 3.05) is 13.1 Å². The summed E-state index contributed by atoms with van der Waals surface area (Å²) in [5, 5.41) is 9.72. The number of carbonyl (C=O) groups is 1. The lowest BCUT2D eigenvalue weighted by Crippen LogP contribution is -2.46. The Morgan fingerprint density at radius 1 is 1.44 bits per heavy atom. The molecule has 1 aromatic heterocycles. The van der Waals surface area contributed by atoms with Crippen LogP contribution in [0.15, 0.2) is 15.7 Å². The van der Waals surface area contributed by atoms with Crippen molar-refractivity contribution in [3.8, 4) is 0 Å². The SMILES string of the molecule is CC1CCN(C(=O)c2cc(=O)[nH]c(=O)[nH]2)CC1O. The van der Waals surface area contributed by atoms with Crippen LogP contribution in [0.4, 0.5) is 0 Å². The van der Waals surface area contributed by atoms with Crippen molar-refractivity contribution in [3.05, 3.63) is 32.6 Å². The average Bonchev–Trinajstić information content (AvgIpc) is 2.30. The third-order valence-corrected chi connectivity index (χ3v) is 3.20. The Kier molecular flexibility index (Phi) is 3.33. The van der Waals surface area contributed by atoms with Crippen molar-refractivity contribution in [1.82, 2.24) is 14.9 Å². The maximum atomic E-state index is 12.0. The first kappa shape index (κ1) is 12.6. The fraction of sp³-hybridized carbons (Fsp3) is 0.545. The number of β-amino-alcohol motifs (C(OH)–C–C–N with tert-alkyl or cyclic N) is 1. The molecule has 3 N–H and O–H groups in total. The Morgan fingerprint density at radius 3 is 2.78 bits per heavy atom. The molecular formula is C11H15N3O4. The first-order chi connectivity index (χ1) is 8.47. The molecule has 2 atom stereocenters. The summed E-state index contributed by atoms with van der Waals surface area (Å²) in [6, 6.07) is 1.05. The number of likely N-dealkylation sites (tertiary alicyclic amines) is 1. The molecule has 1 saturated heterocycles. The van der Waals surface area contributed by atoms with E-state index >= 15 is 0 Å². The van der Waals surface area contributed by atoms with Gasteiger partial charge in [0.15, 0.2) is 0 Å². The van der Waals surface area contributed by atoms with Crippen molar-refractivity contribution in [2.24, 2.45) is 5.92 Å². The third kappa shape index (κ3) is 2.51. The lowest BCUT2D eigenvalue weighted by atomic mass is 9.96. The van der Waals surface area contributed by atoms with Crippen LogP contribution in [-0.4, -0.2) is 45.1 Å². The predicted molar refractivity (Wildman–Crippen MR) is 63.4 cm³/mol. The van der Waals surface area contributed by atoms with Gasteiger partial charge >= 0.3 is 5.69 Å². The Bertz CT molecular complexity index is 534. The standard InChI is InChI=1S/C11H15N3O4/c1-6-2-3-14(5-8(6)15)10(17)7-4-9(16)13-11(18)12-7/h4,6,8,15H,2-3,5H2,1H3,(H2,12,13,16,18). The molecule has 98 valence electrons. The van der Waals surface area contributed by atoms with E-state index in [1.807, 2.05) is 11.9 Å². The van der Waals surface area contributed by atoms with Crippen LogP contribution in [0, 0.1) is 5.92 Å². The van der Waals surface area contributed by atoms with Gasteiger partial charge in [0.2, 0.25) is 0 Å². The molecule has 1 aliphatic heterocycles. The normalized spacial score (nSPS) is 24.0. The minimum atomic E-state index is -0.711. The van der Waals surface area contributed by atoms with Crippen molar-refractivity contribution < 1.29 is 9.90 Å². The van der Waals surface area contributed by atoms with Gasteiger partial charge in [0.1, 0.15) is 5.69 Å². The second-order valence-electron chi connectivity index (χ2n) is 4.59. The highest BCUT2D eigenvalue weighted by Gasteiger charge is 2.28. The molecule has 0 aromatic carbocycles. The van der Waals surface area contributed by atoms with Crippen LogP contribution in [0.2, 0.25) is 0 Å². The van der Waals surface area contributed by atoms with Gasteiger partial charge in [-0.15, -0.1) is 0 Å². The van der Waals surface area contributed by atoms with Crippen LogP contribution in [0.1, 0.15) is 23.8 Å². The lowest BCUT2D eigenvalue weighted by molar-refractivity contribution is 0.0245. The van der Waals surface area contributed by atoms with Gasteiger partial charge in [-0.1, -0.05) is 6.92 Å². The summed E-state index contributed by atoms with van der Waals surface area (Å²) in [6.07, 6.45) is 0.122. The number of rotatable bonds is 1. The minimum Gasteiger partial charge on any atom is -0.391 e. The number of hydrogen-bond donors (Lipinski definition) is 3. The summed E-state index contributed by atoms with van der Waals surface area (Å²) >= 11 is 0. The molecule has 1 fully saturated rings. The number of hydrogen-bond acceptors (Lipinski definition) is 4. The molecule has 0 aliphatic carbocycles. The largest absolute Gasteiger partial charge is 0.391 e. The van der Waals surface area contributed by atoms with Crippen LogP contribution >= 0.6 is 0 Å². The summed E-state index contributed by atoms with van der Waals surface area (Å²) < 4.78 is 0. The van der Waals surface area contributed by atoms with Gasteiger partial charge in [-0.3, -0.25) is 14.6 Å². The number of H-pyrrole nitrogens is 2. The number of piperidine rings is 1. The van der Waals surface area contributed by atoms with Crippen LogP contribution in [0.5, 0.6) is 0 Å². The maximum absolute atomic E-state index is 12.0. The maximum Gasteiger partial charge on any atom is 0.326 e. The zero-order valence-electron chi connectivity index (χ0n) is 9.97. The highest BCUT2D eigenvalue weighted by molar-refractivity contribution is 5.92. The topological polar surface area (TPSA) is 106 Å². The number of aliphatic hydroxyl groups is 1. The number of carbonyl (C=O) groups excluding carboxylic acids is 1. The van der Waals surface area contributed by atoms with Crippen LogP contribution in [0.25, 0.3) is 0 Å². The smallest absolute Gasteiger partial charge is 0.326 e. The number of nitrogens with zero attached hydrogens (tertiary/aromatic N) is 1. The van der Waals surface area contributed by atoms with E-state index in [0.717, 1.165) is 6.07 Å². The Balaban J connectivity index is 2.21. The van der Waals surface area contributed by atoms with Crippen molar-refractivity contribution in [3.63, 3.8) is 0 Å². The zero-order valence-corrected chi connectivity index (χ0v) is 9.97. The Hall–Kier alpha value is -1.89. The minimum absolute atomic E-state index is 0.0505. The molecule has 2 rings (SSSR count). The van der Waals surface area contributed by atoms with Gasteiger partial charge in [-0.25, -0.2) is 4.79 Å². The van der Waals surface area contributed by atoms with Crippen molar-refractivity contribution in [2.45, 2.75) is 19.4 Å². The summed E-state index contributed by atoms with van der Waals surface area (Å²) in [5.41, 5.74) is -1.38. The monoisotopic (exact) mass is 253 g/mol. The van der Waals surface area contributed by atoms with Gasteiger partial charge in [0.25, 0.3) is 11.5 Å². The third-order valence-electron chi connectivity index (χ3n) is 3.20. The predicted octanol–water partition coefficient (Wildman–Crippen LogP) is -1.09. The first-order valence-electron chi connectivity index (χ1n) is 5.78. The van der Waals surface area contributed by atoms with Gasteiger partial charge in [-0.2, -0.15) is 0 Å². The van der Waals surface area contributed by atoms with Crippen LogP contribution < -0.4 is 11.2 Å². The highest BCUT2D eigenvalue weighted by Crippen LogP contribution is 2.17. The fourth-order valence-electron chi connectivity index (χ4n) is 1.99. The number of amides is 1. The molecule has 18 heavy (non-hydrogen) atoms. The summed E-state index contributed by atoms with van der Waals surface area (Å²) in [7, 11) is 0. The van der Waals surface area contributed by atoms with Crippen LogP contribution in [-0.2, 0) is 0 Å². The fourth-order valence-corrected chi connectivity index (χ4v) is 1.99. The van der Waals surface area contributed by atoms with Gasteiger partial charge < -0.3 is 15.0 Å². The van der Waals surface area contributed by atoms with E-state index in [0.29, 0.717) is 13.0 Å². The molecular weight excluding hydrogens is 238 g/mol. The summed E-state index contributed by atoms with van der Waals surface area (Å²) in [5.74, 6) is -0.295.